The minimum absolute atomic E-state index is 0.00267. The van der Waals surface area contributed by atoms with Gasteiger partial charge in [-0.3, -0.25) is 0 Å². The summed E-state index contributed by atoms with van der Waals surface area (Å²) in [6.07, 6.45) is 4.58. The molecule has 0 saturated heterocycles. The second-order valence-electron chi connectivity index (χ2n) is 7.47. The SMILES string of the molecule is CC(N)(CO)CCCc1ccc([SH]2C=CC(OCc3ccccc3)=C2)cc1Cl. The van der Waals surface area contributed by atoms with Crippen LogP contribution in [0.25, 0.3) is 0 Å². The van der Waals surface area contributed by atoms with Crippen molar-refractivity contribution in [3.8, 4) is 0 Å². The molecule has 0 radical (unpaired) electrons. The lowest BCUT2D eigenvalue weighted by Gasteiger charge is -2.21. The molecule has 3 N–H and O–H groups in total. The highest BCUT2D eigenvalue weighted by atomic mass is 35.5. The van der Waals surface area contributed by atoms with Crippen molar-refractivity contribution in [3.05, 3.63) is 87.3 Å². The van der Waals surface area contributed by atoms with Gasteiger partial charge >= 0.3 is 0 Å². The van der Waals surface area contributed by atoms with Gasteiger partial charge in [0.15, 0.2) is 0 Å². The Bertz CT molecular complexity index is 849. The van der Waals surface area contributed by atoms with Gasteiger partial charge in [-0.15, -0.1) is 0 Å². The molecule has 28 heavy (non-hydrogen) atoms. The number of allylic oxidation sites excluding steroid dienone is 1. The van der Waals surface area contributed by atoms with Crippen LogP contribution < -0.4 is 5.73 Å². The molecule has 0 aromatic heterocycles. The topological polar surface area (TPSA) is 55.5 Å². The Morgan fingerprint density at radius 1 is 1.18 bits per heavy atom. The maximum Gasteiger partial charge on any atom is 0.125 e. The zero-order valence-electron chi connectivity index (χ0n) is 16.1. The molecule has 3 rings (SSSR count). The van der Waals surface area contributed by atoms with Crippen molar-refractivity contribution in [3.63, 3.8) is 0 Å². The monoisotopic (exact) mass is 417 g/mol. The van der Waals surface area contributed by atoms with Crippen LogP contribution in [0.5, 0.6) is 0 Å². The summed E-state index contributed by atoms with van der Waals surface area (Å²) < 4.78 is 5.92. The molecule has 0 aliphatic carbocycles. The smallest absolute Gasteiger partial charge is 0.125 e. The van der Waals surface area contributed by atoms with E-state index in [0.29, 0.717) is 6.61 Å². The first kappa shape index (κ1) is 21.0. The van der Waals surface area contributed by atoms with Gasteiger partial charge in [-0.25, -0.2) is 0 Å². The van der Waals surface area contributed by atoms with Crippen LogP contribution in [0.3, 0.4) is 0 Å². The van der Waals surface area contributed by atoms with E-state index in [-0.39, 0.29) is 6.61 Å². The van der Waals surface area contributed by atoms with Gasteiger partial charge < -0.3 is 15.6 Å². The summed E-state index contributed by atoms with van der Waals surface area (Å²) in [5.41, 5.74) is 7.76. The highest BCUT2D eigenvalue weighted by Crippen LogP contribution is 2.45. The summed E-state index contributed by atoms with van der Waals surface area (Å²) in [6, 6.07) is 16.5. The van der Waals surface area contributed by atoms with Gasteiger partial charge in [0.2, 0.25) is 0 Å². The van der Waals surface area contributed by atoms with E-state index in [1.54, 1.807) is 0 Å². The van der Waals surface area contributed by atoms with Gasteiger partial charge in [0.05, 0.1) is 6.61 Å². The van der Waals surface area contributed by atoms with E-state index in [0.717, 1.165) is 41.2 Å². The van der Waals surface area contributed by atoms with Gasteiger partial charge in [0, 0.05) is 16.0 Å². The molecule has 3 nitrogen and oxygen atoms in total. The Kier molecular flexibility index (Phi) is 7.24. The molecule has 2 unspecified atom stereocenters. The number of halogens is 1. The number of hydrogen-bond donors (Lipinski definition) is 3. The maximum absolute atomic E-state index is 9.26. The van der Waals surface area contributed by atoms with Crippen LogP contribution in [-0.4, -0.2) is 17.3 Å². The minimum Gasteiger partial charge on any atom is -0.488 e. The zero-order chi connectivity index (χ0) is 20.0. The lowest BCUT2D eigenvalue weighted by atomic mass is 9.95. The standard InChI is InChI=1S/C23H28ClNO2S/c1-23(25,17-26)12-5-8-19-9-10-21(14-22(19)24)28-13-11-20(16-28)27-15-18-6-3-2-4-7-18/h2-4,6-7,9-11,13-14,16,26,28H,5,8,12,15,17,25H2,1H3. The Labute approximate surface area is 175 Å². The number of nitrogens with two attached hydrogens (primary N) is 1. The summed E-state index contributed by atoms with van der Waals surface area (Å²) in [6.45, 7) is 2.45. The fraction of sp³-hybridized carbons (Fsp3) is 0.304. The van der Waals surface area contributed by atoms with Crippen LogP contribution in [-0.2, 0) is 17.8 Å². The van der Waals surface area contributed by atoms with Crippen molar-refractivity contribution >= 4 is 22.5 Å². The highest BCUT2D eigenvalue weighted by molar-refractivity contribution is 8.22. The van der Waals surface area contributed by atoms with E-state index in [9.17, 15) is 5.11 Å². The molecule has 1 heterocycles. The average Bonchev–Trinajstić information content (AvgIpc) is 3.17. The quantitative estimate of drug-likeness (QED) is 0.484. The number of benzene rings is 2. The third-order valence-electron chi connectivity index (χ3n) is 4.80. The number of rotatable bonds is 9. The Morgan fingerprint density at radius 3 is 2.68 bits per heavy atom. The van der Waals surface area contributed by atoms with Crippen LogP contribution in [0.4, 0.5) is 0 Å². The van der Waals surface area contributed by atoms with E-state index in [2.05, 4.69) is 41.1 Å². The van der Waals surface area contributed by atoms with Crippen LogP contribution in [0.15, 0.2) is 76.1 Å². The van der Waals surface area contributed by atoms with E-state index in [1.165, 1.54) is 4.90 Å². The molecule has 150 valence electrons. The number of aliphatic hydroxyl groups is 1. The van der Waals surface area contributed by atoms with Crippen molar-refractivity contribution in [1.82, 2.24) is 0 Å². The Balaban J connectivity index is 1.56. The molecule has 2 aromatic rings. The third-order valence-corrected chi connectivity index (χ3v) is 7.03. The Hall–Kier alpha value is -1.72. The summed E-state index contributed by atoms with van der Waals surface area (Å²) in [5.74, 6) is 0.918. The summed E-state index contributed by atoms with van der Waals surface area (Å²) in [4.78, 5) is 1.22. The van der Waals surface area contributed by atoms with Crippen molar-refractivity contribution in [2.24, 2.45) is 5.73 Å². The van der Waals surface area contributed by atoms with Crippen LogP contribution >= 0.6 is 22.5 Å². The molecular formula is C23H28ClNO2S. The minimum atomic E-state index is -0.528. The summed E-state index contributed by atoms with van der Waals surface area (Å²) in [7, 11) is -0.528. The Morgan fingerprint density at radius 2 is 1.96 bits per heavy atom. The summed E-state index contributed by atoms with van der Waals surface area (Å²) in [5, 5.41) is 14.4. The molecule has 1 aliphatic heterocycles. The molecule has 2 aromatic carbocycles. The lowest BCUT2D eigenvalue weighted by molar-refractivity contribution is 0.198. The van der Waals surface area contributed by atoms with E-state index >= 15 is 0 Å². The van der Waals surface area contributed by atoms with E-state index < -0.39 is 16.4 Å². The first-order valence-electron chi connectivity index (χ1n) is 9.50. The fourth-order valence-electron chi connectivity index (χ4n) is 3.03. The molecule has 1 aliphatic rings. The molecule has 0 spiro atoms. The largest absolute Gasteiger partial charge is 0.488 e. The molecule has 5 heteroatoms. The zero-order valence-corrected chi connectivity index (χ0v) is 17.8. The molecule has 0 saturated carbocycles. The van der Waals surface area contributed by atoms with Crippen molar-refractivity contribution < 1.29 is 9.84 Å². The van der Waals surface area contributed by atoms with Crippen LogP contribution in [0.2, 0.25) is 5.02 Å². The van der Waals surface area contributed by atoms with E-state index in [1.807, 2.05) is 31.2 Å². The van der Waals surface area contributed by atoms with Gasteiger partial charge in [-0.05, 0) is 65.8 Å². The van der Waals surface area contributed by atoms with Crippen LogP contribution in [0.1, 0.15) is 30.9 Å². The molecule has 0 fully saturated rings. The highest BCUT2D eigenvalue weighted by Gasteiger charge is 2.17. The molecule has 0 amide bonds. The molecular weight excluding hydrogens is 390 g/mol. The number of aliphatic hydroxyl groups excluding tert-OH is 1. The summed E-state index contributed by atoms with van der Waals surface area (Å²) >= 11 is 6.52. The molecule has 2 atom stereocenters. The van der Waals surface area contributed by atoms with Gasteiger partial charge in [-0.1, -0.05) is 48.0 Å². The van der Waals surface area contributed by atoms with Gasteiger partial charge in [0.1, 0.15) is 12.4 Å². The lowest BCUT2D eigenvalue weighted by Crippen LogP contribution is -2.40. The van der Waals surface area contributed by atoms with Crippen molar-refractivity contribution in [1.29, 1.82) is 0 Å². The van der Waals surface area contributed by atoms with Gasteiger partial charge in [0.25, 0.3) is 0 Å². The van der Waals surface area contributed by atoms with Crippen molar-refractivity contribution in [2.45, 2.75) is 43.2 Å². The number of aryl methyl sites for hydroxylation is 1. The van der Waals surface area contributed by atoms with Crippen LogP contribution in [0, 0.1) is 0 Å². The maximum atomic E-state index is 9.26. The van der Waals surface area contributed by atoms with Crippen molar-refractivity contribution in [2.75, 3.05) is 6.61 Å². The number of hydrogen-bond acceptors (Lipinski definition) is 3. The second kappa shape index (κ2) is 9.66. The number of thiol groups is 1. The second-order valence-corrected chi connectivity index (χ2v) is 9.76. The first-order chi connectivity index (χ1) is 13.5. The molecule has 0 bridgehead atoms. The number of ether oxygens (including phenoxy) is 1. The van der Waals surface area contributed by atoms with Gasteiger partial charge in [-0.2, -0.15) is 10.9 Å². The predicted octanol–water partition coefficient (Wildman–Crippen LogP) is 5.32. The third kappa shape index (κ3) is 5.89. The average molecular weight is 418 g/mol. The first-order valence-corrected chi connectivity index (χ1v) is 11.4. The van der Waals surface area contributed by atoms with E-state index in [4.69, 9.17) is 22.1 Å². The predicted molar refractivity (Wildman–Crippen MR) is 120 cm³/mol. The normalized spacial score (nSPS) is 19.3. The fourth-order valence-corrected chi connectivity index (χ4v) is 5.05.